The minimum atomic E-state index is -0.0960. The summed E-state index contributed by atoms with van der Waals surface area (Å²) in [6.45, 7) is 4.69. The van der Waals surface area contributed by atoms with E-state index in [1.807, 2.05) is 0 Å². The fourth-order valence-corrected chi connectivity index (χ4v) is 8.78. The minimum Gasteiger partial charge on any atom is -0.306 e. The van der Waals surface area contributed by atoms with E-state index in [0.717, 1.165) is 49.9 Å². The number of benzene rings is 7. The Balaban J connectivity index is 1.32. The lowest BCUT2D eigenvalue weighted by atomic mass is 9.82. The molecular formula is C47H32N4. The van der Waals surface area contributed by atoms with E-state index in [9.17, 15) is 0 Å². The Hall–Kier alpha value is -6.52. The first-order valence-electron chi connectivity index (χ1n) is 17.6. The van der Waals surface area contributed by atoms with Crippen LogP contribution in [0.15, 0.2) is 158 Å². The van der Waals surface area contributed by atoms with Gasteiger partial charge < -0.3 is 4.57 Å². The average molecular weight is 653 g/mol. The van der Waals surface area contributed by atoms with Gasteiger partial charge in [-0.1, -0.05) is 135 Å². The lowest BCUT2D eigenvalue weighted by Gasteiger charge is -2.21. The molecule has 1 aliphatic carbocycles. The van der Waals surface area contributed by atoms with Crippen molar-refractivity contribution in [3.63, 3.8) is 0 Å². The highest BCUT2D eigenvalue weighted by atomic mass is 15.2. The number of para-hydroxylation sites is 2. The molecule has 0 saturated carbocycles. The zero-order chi connectivity index (χ0) is 33.8. The summed E-state index contributed by atoms with van der Waals surface area (Å²) in [5.74, 6) is 0.665. The first-order chi connectivity index (χ1) is 25.1. The molecule has 1 aliphatic rings. The van der Waals surface area contributed by atoms with E-state index < -0.39 is 0 Å². The Labute approximate surface area is 294 Å². The van der Waals surface area contributed by atoms with Gasteiger partial charge in [-0.05, 0) is 69.4 Å². The fourth-order valence-electron chi connectivity index (χ4n) is 8.78. The fraction of sp³-hybridized carbons (Fsp3) is 0.0638. The number of nitrogens with zero attached hydrogens (tertiary/aromatic N) is 4. The molecule has 0 aliphatic heterocycles. The van der Waals surface area contributed by atoms with Crippen molar-refractivity contribution >= 4 is 54.5 Å². The summed E-state index contributed by atoms with van der Waals surface area (Å²) in [7, 11) is 0. The van der Waals surface area contributed by atoms with Crippen molar-refractivity contribution in [3.05, 3.63) is 169 Å². The van der Waals surface area contributed by atoms with Crippen molar-refractivity contribution in [3.8, 4) is 34.0 Å². The molecule has 0 radical (unpaired) electrons. The Kier molecular flexibility index (Phi) is 5.70. The smallest absolute Gasteiger partial charge is 0.235 e. The SMILES string of the molecule is CC1(C)c2ccccc2-c2c1ccc1c2c2ccccc2n1-c1nc(-c2ccccc2)c2c(n1)c1cc3ccccc3cc1n2-c1ccccc1. The Morgan fingerprint density at radius 1 is 0.510 bits per heavy atom. The van der Waals surface area contributed by atoms with E-state index in [2.05, 4.69) is 181 Å². The molecule has 0 fully saturated rings. The van der Waals surface area contributed by atoms with Gasteiger partial charge in [0.1, 0.15) is 11.2 Å². The Morgan fingerprint density at radius 2 is 1.20 bits per heavy atom. The van der Waals surface area contributed by atoms with Crippen molar-refractivity contribution in [2.24, 2.45) is 0 Å². The molecule has 3 aromatic heterocycles. The first kappa shape index (κ1) is 28.3. The maximum Gasteiger partial charge on any atom is 0.235 e. The lowest BCUT2D eigenvalue weighted by molar-refractivity contribution is 0.661. The van der Waals surface area contributed by atoms with Gasteiger partial charge >= 0.3 is 0 Å². The average Bonchev–Trinajstić information content (AvgIpc) is 3.77. The van der Waals surface area contributed by atoms with Gasteiger partial charge in [-0.2, -0.15) is 0 Å². The Morgan fingerprint density at radius 3 is 2.02 bits per heavy atom. The van der Waals surface area contributed by atoms with Crippen molar-refractivity contribution < 1.29 is 0 Å². The molecule has 240 valence electrons. The monoisotopic (exact) mass is 652 g/mol. The molecule has 0 atom stereocenters. The number of hydrogen-bond acceptors (Lipinski definition) is 2. The highest BCUT2D eigenvalue weighted by Gasteiger charge is 2.37. The van der Waals surface area contributed by atoms with Crippen LogP contribution in [0.25, 0.3) is 88.5 Å². The predicted octanol–water partition coefficient (Wildman–Crippen LogP) is 11.8. The maximum absolute atomic E-state index is 5.58. The van der Waals surface area contributed by atoms with Crippen LogP contribution in [0.3, 0.4) is 0 Å². The summed E-state index contributed by atoms with van der Waals surface area (Å²) in [6, 6.07) is 56.6. The van der Waals surface area contributed by atoms with Crippen molar-refractivity contribution in [1.29, 1.82) is 0 Å². The molecule has 3 heterocycles. The second-order valence-corrected chi connectivity index (χ2v) is 14.2. The third-order valence-electron chi connectivity index (χ3n) is 11.1. The number of hydrogen-bond donors (Lipinski definition) is 0. The topological polar surface area (TPSA) is 35.6 Å². The summed E-state index contributed by atoms with van der Waals surface area (Å²) >= 11 is 0. The molecule has 7 aromatic carbocycles. The highest BCUT2D eigenvalue weighted by molar-refractivity contribution is 6.18. The van der Waals surface area contributed by atoms with Gasteiger partial charge in [0.25, 0.3) is 0 Å². The van der Waals surface area contributed by atoms with Crippen LogP contribution in [0.2, 0.25) is 0 Å². The molecule has 11 rings (SSSR count). The molecule has 0 N–H and O–H groups in total. The normalized spacial score (nSPS) is 13.5. The quantitative estimate of drug-likeness (QED) is 0.190. The molecular weight excluding hydrogens is 621 g/mol. The zero-order valence-electron chi connectivity index (χ0n) is 28.3. The minimum absolute atomic E-state index is 0.0960. The van der Waals surface area contributed by atoms with Gasteiger partial charge in [0, 0.05) is 32.8 Å². The van der Waals surface area contributed by atoms with Gasteiger partial charge in [0.2, 0.25) is 5.95 Å². The van der Waals surface area contributed by atoms with E-state index in [-0.39, 0.29) is 5.41 Å². The standard InChI is InChI=1S/C47H32N4/c1-47(2)36-23-13-11-21-33(36)41-37(47)25-26-39-42(41)34-22-12-14-24-38(34)51(39)46-48-43(29-15-5-3-6-16-29)45-44(49-46)35-27-30-17-9-10-18-31(30)28-40(35)50(45)32-19-7-4-8-20-32/h3-28H,1-2H3. The van der Waals surface area contributed by atoms with Gasteiger partial charge in [-0.15, -0.1) is 0 Å². The predicted molar refractivity (Wildman–Crippen MR) is 211 cm³/mol. The van der Waals surface area contributed by atoms with E-state index in [1.165, 1.54) is 43.8 Å². The summed E-state index contributed by atoms with van der Waals surface area (Å²) in [5, 5.41) is 5.94. The lowest BCUT2D eigenvalue weighted by Crippen LogP contribution is -2.14. The van der Waals surface area contributed by atoms with E-state index >= 15 is 0 Å². The van der Waals surface area contributed by atoms with Crippen LogP contribution in [-0.4, -0.2) is 19.1 Å². The molecule has 0 spiro atoms. The molecule has 51 heavy (non-hydrogen) atoms. The number of aromatic nitrogens is 4. The van der Waals surface area contributed by atoms with E-state index in [0.29, 0.717) is 5.95 Å². The van der Waals surface area contributed by atoms with Gasteiger partial charge in [0.15, 0.2) is 0 Å². The van der Waals surface area contributed by atoms with E-state index in [4.69, 9.17) is 9.97 Å². The molecule has 10 aromatic rings. The van der Waals surface area contributed by atoms with Crippen LogP contribution in [0.4, 0.5) is 0 Å². The van der Waals surface area contributed by atoms with Gasteiger partial charge in [0.05, 0.1) is 22.1 Å². The molecule has 0 saturated heterocycles. The van der Waals surface area contributed by atoms with Gasteiger partial charge in [-0.3, -0.25) is 4.57 Å². The van der Waals surface area contributed by atoms with Crippen LogP contribution >= 0.6 is 0 Å². The van der Waals surface area contributed by atoms with Crippen LogP contribution in [0.5, 0.6) is 0 Å². The molecule has 0 bridgehead atoms. The Bertz CT molecular complexity index is 3040. The second-order valence-electron chi connectivity index (χ2n) is 14.2. The van der Waals surface area contributed by atoms with Crippen LogP contribution in [0, 0.1) is 0 Å². The summed E-state index contributed by atoms with van der Waals surface area (Å²) in [4.78, 5) is 11.1. The largest absolute Gasteiger partial charge is 0.306 e. The first-order valence-corrected chi connectivity index (χ1v) is 17.6. The van der Waals surface area contributed by atoms with Crippen molar-refractivity contribution in [1.82, 2.24) is 19.1 Å². The third-order valence-corrected chi connectivity index (χ3v) is 11.1. The molecule has 4 nitrogen and oxygen atoms in total. The highest BCUT2D eigenvalue weighted by Crippen LogP contribution is 2.53. The van der Waals surface area contributed by atoms with Crippen LogP contribution in [-0.2, 0) is 5.41 Å². The van der Waals surface area contributed by atoms with Crippen molar-refractivity contribution in [2.75, 3.05) is 0 Å². The number of fused-ring (bicyclic) bond motifs is 11. The summed E-state index contributed by atoms with van der Waals surface area (Å²) < 4.78 is 4.64. The maximum atomic E-state index is 5.58. The van der Waals surface area contributed by atoms with Crippen LogP contribution < -0.4 is 0 Å². The number of rotatable bonds is 3. The molecule has 4 heteroatoms. The second kappa shape index (κ2) is 10.3. The molecule has 0 amide bonds. The molecule has 0 unspecified atom stereocenters. The zero-order valence-corrected chi connectivity index (χ0v) is 28.3. The summed E-state index contributed by atoms with van der Waals surface area (Å²) in [5.41, 5.74) is 13.5. The van der Waals surface area contributed by atoms with E-state index in [1.54, 1.807) is 0 Å². The van der Waals surface area contributed by atoms with Gasteiger partial charge in [-0.25, -0.2) is 9.97 Å². The summed E-state index contributed by atoms with van der Waals surface area (Å²) in [6.07, 6.45) is 0. The third kappa shape index (κ3) is 3.85. The van der Waals surface area contributed by atoms with Crippen molar-refractivity contribution in [2.45, 2.75) is 19.3 Å². The van der Waals surface area contributed by atoms with Crippen LogP contribution in [0.1, 0.15) is 25.0 Å².